The number of aryl methyl sites for hydroxylation is 1. The average Bonchev–Trinajstić information content (AvgIpc) is 3.57. The van der Waals surface area contributed by atoms with E-state index in [-0.39, 0.29) is 5.91 Å². The third-order valence-electron chi connectivity index (χ3n) is 6.72. The summed E-state index contributed by atoms with van der Waals surface area (Å²) in [4.78, 5) is 36.2. The van der Waals surface area contributed by atoms with E-state index in [0.717, 1.165) is 61.0 Å². The molecular weight excluding hydrogens is 488 g/mol. The average molecular weight is 519 g/mol. The lowest BCUT2D eigenvalue weighted by Crippen LogP contribution is -2.37. The van der Waals surface area contributed by atoms with E-state index in [9.17, 15) is 4.79 Å². The van der Waals surface area contributed by atoms with Gasteiger partial charge in [-0.1, -0.05) is 12.1 Å². The molecule has 0 aliphatic carbocycles. The number of likely N-dealkylation sites (tertiary alicyclic amines) is 1. The van der Waals surface area contributed by atoms with Gasteiger partial charge in [0, 0.05) is 61.1 Å². The number of amides is 1. The van der Waals surface area contributed by atoms with Crippen LogP contribution in [0.15, 0.2) is 48.2 Å². The molecule has 1 aliphatic rings. The largest absolute Gasteiger partial charge is 0.372 e. The molecule has 0 atom stereocenters. The van der Waals surface area contributed by atoms with Crippen LogP contribution >= 0.6 is 22.7 Å². The van der Waals surface area contributed by atoms with E-state index in [0.29, 0.717) is 16.5 Å². The lowest BCUT2D eigenvalue weighted by molar-refractivity contribution is 0.0717. The molecule has 7 nitrogen and oxygen atoms in total. The summed E-state index contributed by atoms with van der Waals surface area (Å²) in [6.07, 6.45) is 6.81. The summed E-state index contributed by atoms with van der Waals surface area (Å²) in [6.45, 7) is 9.72. The Morgan fingerprint density at radius 3 is 2.47 bits per heavy atom. The van der Waals surface area contributed by atoms with Gasteiger partial charge in [0.15, 0.2) is 0 Å². The van der Waals surface area contributed by atoms with Crippen LogP contribution in [0.25, 0.3) is 22.0 Å². The Morgan fingerprint density at radius 1 is 1.06 bits per heavy atom. The molecule has 0 saturated carbocycles. The van der Waals surface area contributed by atoms with Crippen molar-refractivity contribution in [3.8, 4) is 22.0 Å². The van der Waals surface area contributed by atoms with Crippen molar-refractivity contribution in [3.05, 3.63) is 63.8 Å². The van der Waals surface area contributed by atoms with Gasteiger partial charge < -0.3 is 9.80 Å². The van der Waals surface area contributed by atoms with Gasteiger partial charge in [0.25, 0.3) is 5.91 Å². The first-order valence-corrected chi connectivity index (χ1v) is 14.1. The van der Waals surface area contributed by atoms with Gasteiger partial charge >= 0.3 is 0 Å². The highest BCUT2D eigenvalue weighted by atomic mass is 32.1. The summed E-state index contributed by atoms with van der Waals surface area (Å²) in [5, 5.41) is 4.07. The molecule has 4 aromatic rings. The predicted molar refractivity (Wildman–Crippen MR) is 147 cm³/mol. The number of thiazole rings is 2. The smallest absolute Gasteiger partial charge is 0.265 e. The van der Waals surface area contributed by atoms with E-state index < -0.39 is 0 Å². The Labute approximate surface area is 219 Å². The van der Waals surface area contributed by atoms with Crippen molar-refractivity contribution in [2.24, 2.45) is 0 Å². The van der Waals surface area contributed by atoms with E-state index in [1.807, 2.05) is 11.8 Å². The highest BCUT2D eigenvalue weighted by Gasteiger charge is 2.28. The molecule has 0 radical (unpaired) electrons. The summed E-state index contributed by atoms with van der Waals surface area (Å²) < 4.78 is 0. The van der Waals surface area contributed by atoms with E-state index in [4.69, 9.17) is 4.98 Å². The molecule has 0 unspecified atom stereocenters. The van der Waals surface area contributed by atoms with E-state index in [1.165, 1.54) is 22.0 Å². The Hall–Kier alpha value is -3.17. The zero-order valence-corrected chi connectivity index (χ0v) is 22.5. The van der Waals surface area contributed by atoms with Crippen molar-refractivity contribution < 1.29 is 4.79 Å². The fourth-order valence-corrected chi connectivity index (χ4v) is 6.62. The normalized spacial score (nSPS) is 14.2. The van der Waals surface area contributed by atoms with Crippen molar-refractivity contribution >= 4 is 34.3 Å². The molecule has 1 saturated heterocycles. The fourth-order valence-electron chi connectivity index (χ4n) is 4.63. The van der Waals surface area contributed by atoms with Crippen LogP contribution in [0, 0.1) is 6.92 Å². The van der Waals surface area contributed by atoms with Gasteiger partial charge in [-0.2, -0.15) is 0 Å². The van der Waals surface area contributed by atoms with E-state index in [2.05, 4.69) is 63.3 Å². The first kappa shape index (κ1) is 24.5. The maximum absolute atomic E-state index is 13.3. The molecule has 0 bridgehead atoms. The van der Waals surface area contributed by atoms with Crippen LogP contribution in [0.4, 0.5) is 5.69 Å². The number of benzene rings is 1. The Morgan fingerprint density at radius 2 is 1.81 bits per heavy atom. The standard InChI is InChI=1S/C27H30N6OS2/c1-4-32(5-2)21-8-6-19(7-9-21)23-17-35-25(31-23)20-10-14-33(15-11-20)27(34)24-18(3)30-26(36-24)22-16-28-12-13-29-22/h6-9,12-13,16-17,20H,4-5,10-11,14-15H2,1-3H3. The van der Waals surface area contributed by atoms with Crippen LogP contribution in [0.5, 0.6) is 0 Å². The minimum absolute atomic E-state index is 0.0618. The number of carbonyl (C=O) groups is 1. The van der Waals surface area contributed by atoms with Gasteiger partial charge in [0.05, 0.1) is 22.6 Å². The first-order valence-electron chi connectivity index (χ1n) is 12.4. The van der Waals surface area contributed by atoms with Crippen LogP contribution < -0.4 is 4.90 Å². The number of nitrogens with zero attached hydrogens (tertiary/aromatic N) is 6. The molecule has 3 aromatic heterocycles. The molecule has 1 aromatic carbocycles. The van der Waals surface area contributed by atoms with Crippen molar-refractivity contribution in [1.82, 2.24) is 24.8 Å². The summed E-state index contributed by atoms with van der Waals surface area (Å²) in [5.41, 5.74) is 4.89. The van der Waals surface area contributed by atoms with Crippen molar-refractivity contribution in [1.29, 1.82) is 0 Å². The summed E-state index contributed by atoms with van der Waals surface area (Å²) in [5.74, 6) is 0.451. The quantitative estimate of drug-likeness (QED) is 0.303. The molecule has 9 heteroatoms. The van der Waals surface area contributed by atoms with Crippen LogP contribution in [0.3, 0.4) is 0 Å². The third kappa shape index (κ3) is 5.03. The second-order valence-corrected chi connectivity index (χ2v) is 10.8. The summed E-state index contributed by atoms with van der Waals surface area (Å²) >= 11 is 3.13. The maximum atomic E-state index is 13.3. The van der Waals surface area contributed by atoms with Gasteiger partial charge in [0.2, 0.25) is 0 Å². The van der Waals surface area contributed by atoms with Crippen LogP contribution in [0.1, 0.15) is 53.0 Å². The molecule has 4 heterocycles. The number of piperidine rings is 1. The van der Waals surface area contributed by atoms with E-state index >= 15 is 0 Å². The number of carbonyl (C=O) groups excluding carboxylic acids is 1. The minimum Gasteiger partial charge on any atom is -0.372 e. The fraction of sp³-hybridized carbons (Fsp3) is 0.370. The van der Waals surface area contributed by atoms with Crippen LogP contribution in [0.2, 0.25) is 0 Å². The van der Waals surface area contributed by atoms with Crippen LogP contribution in [-0.2, 0) is 0 Å². The monoisotopic (exact) mass is 518 g/mol. The highest BCUT2D eigenvalue weighted by Crippen LogP contribution is 2.35. The lowest BCUT2D eigenvalue weighted by Gasteiger charge is -2.30. The van der Waals surface area contributed by atoms with Gasteiger partial charge in [0.1, 0.15) is 15.6 Å². The Balaban J connectivity index is 1.22. The maximum Gasteiger partial charge on any atom is 0.265 e. The number of aromatic nitrogens is 4. The van der Waals surface area contributed by atoms with Crippen molar-refractivity contribution in [2.45, 2.75) is 39.5 Å². The SMILES string of the molecule is CCN(CC)c1ccc(-c2csc(C3CCN(C(=O)c4sc(-c5cnccn5)nc4C)CC3)n2)cc1. The Bertz CT molecular complexity index is 1310. The first-order chi connectivity index (χ1) is 17.6. The second kappa shape index (κ2) is 10.8. The topological polar surface area (TPSA) is 75.1 Å². The number of rotatable bonds is 7. The molecule has 0 spiro atoms. The van der Waals surface area contributed by atoms with E-state index in [1.54, 1.807) is 29.9 Å². The molecule has 5 rings (SSSR count). The van der Waals surface area contributed by atoms with Gasteiger partial charge in [-0.15, -0.1) is 22.7 Å². The van der Waals surface area contributed by atoms with Crippen molar-refractivity contribution in [3.63, 3.8) is 0 Å². The molecule has 36 heavy (non-hydrogen) atoms. The zero-order valence-electron chi connectivity index (χ0n) is 20.8. The minimum atomic E-state index is 0.0618. The van der Waals surface area contributed by atoms with Crippen LogP contribution in [-0.4, -0.2) is 56.9 Å². The van der Waals surface area contributed by atoms with Crippen molar-refractivity contribution in [2.75, 3.05) is 31.1 Å². The summed E-state index contributed by atoms with van der Waals surface area (Å²) in [6, 6.07) is 8.70. The Kier molecular flexibility index (Phi) is 7.38. The second-order valence-electron chi connectivity index (χ2n) is 8.88. The molecule has 1 fully saturated rings. The molecule has 1 aliphatic heterocycles. The summed E-state index contributed by atoms with van der Waals surface area (Å²) in [7, 11) is 0. The molecule has 186 valence electrons. The molecule has 0 N–H and O–H groups in total. The third-order valence-corrected chi connectivity index (χ3v) is 8.89. The highest BCUT2D eigenvalue weighted by molar-refractivity contribution is 7.17. The van der Waals surface area contributed by atoms with Gasteiger partial charge in [-0.05, 0) is 45.7 Å². The number of anilines is 1. The predicted octanol–water partition coefficient (Wildman–Crippen LogP) is 5.90. The number of hydrogen-bond acceptors (Lipinski definition) is 8. The molecule has 1 amide bonds. The van der Waals surface area contributed by atoms with Gasteiger partial charge in [-0.25, -0.2) is 9.97 Å². The lowest BCUT2D eigenvalue weighted by atomic mass is 9.97. The zero-order chi connectivity index (χ0) is 25.1. The number of hydrogen-bond donors (Lipinski definition) is 0. The van der Waals surface area contributed by atoms with Gasteiger partial charge in [-0.3, -0.25) is 14.8 Å². The molecular formula is C27H30N6OS2.